The maximum absolute atomic E-state index is 12.1. The zero-order valence-corrected chi connectivity index (χ0v) is 15.2. The number of anilines is 1. The molecule has 0 bridgehead atoms. The van der Waals surface area contributed by atoms with Gasteiger partial charge < -0.3 is 0 Å². The fraction of sp³-hybridized carbons (Fsp3) is 0.0588. The van der Waals surface area contributed by atoms with Crippen LogP contribution in [0.2, 0.25) is 5.02 Å². The van der Waals surface area contributed by atoms with Gasteiger partial charge in [-0.1, -0.05) is 46.8 Å². The highest BCUT2D eigenvalue weighted by Gasteiger charge is 2.10. The van der Waals surface area contributed by atoms with E-state index in [0.29, 0.717) is 27.0 Å². The van der Waals surface area contributed by atoms with Gasteiger partial charge >= 0.3 is 0 Å². The van der Waals surface area contributed by atoms with Crippen LogP contribution in [-0.4, -0.2) is 16.1 Å². The SMILES string of the molecule is N#Cc1ccc(CSc2nnc(NC(=O)c3ccc(Cl)cc3)s2)cc1. The van der Waals surface area contributed by atoms with E-state index in [1.807, 2.05) is 12.1 Å². The largest absolute Gasteiger partial charge is 0.296 e. The number of rotatable bonds is 5. The Bertz CT molecular complexity index is 917. The van der Waals surface area contributed by atoms with Gasteiger partial charge in [0.25, 0.3) is 5.91 Å². The Labute approximate surface area is 157 Å². The number of hydrogen-bond donors (Lipinski definition) is 1. The van der Waals surface area contributed by atoms with Crippen LogP contribution in [0.25, 0.3) is 0 Å². The van der Waals surface area contributed by atoms with Crippen molar-refractivity contribution in [2.75, 3.05) is 5.32 Å². The molecule has 3 rings (SSSR count). The molecule has 0 saturated heterocycles. The van der Waals surface area contributed by atoms with E-state index >= 15 is 0 Å². The Morgan fingerprint density at radius 1 is 1.16 bits per heavy atom. The summed E-state index contributed by atoms with van der Waals surface area (Å²) in [6.07, 6.45) is 0. The lowest BCUT2D eigenvalue weighted by Crippen LogP contribution is -2.11. The van der Waals surface area contributed by atoms with E-state index in [0.717, 1.165) is 9.90 Å². The first kappa shape index (κ1) is 17.4. The summed E-state index contributed by atoms with van der Waals surface area (Å²) < 4.78 is 0.760. The standard InChI is InChI=1S/C17H11ClN4OS2/c18-14-7-5-13(6-8-14)15(23)20-16-21-22-17(25-16)24-10-12-3-1-11(9-19)2-4-12/h1-8H,10H2,(H,20,21,23). The molecule has 8 heteroatoms. The van der Waals surface area contributed by atoms with Gasteiger partial charge in [-0.25, -0.2) is 0 Å². The van der Waals surface area contributed by atoms with Gasteiger partial charge in [-0.2, -0.15) is 5.26 Å². The highest BCUT2D eigenvalue weighted by molar-refractivity contribution is 8.00. The van der Waals surface area contributed by atoms with Crippen molar-refractivity contribution in [3.8, 4) is 6.07 Å². The fourth-order valence-corrected chi connectivity index (χ4v) is 3.74. The summed E-state index contributed by atoms with van der Waals surface area (Å²) >= 11 is 8.65. The highest BCUT2D eigenvalue weighted by Crippen LogP contribution is 2.28. The summed E-state index contributed by atoms with van der Waals surface area (Å²) in [5, 5.41) is 20.6. The molecule has 0 aliphatic carbocycles. The van der Waals surface area contributed by atoms with Crippen LogP contribution in [0.5, 0.6) is 0 Å². The van der Waals surface area contributed by atoms with Crippen molar-refractivity contribution in [2.24, 2.45) is 0 Å². The Kier molecular flexibility index (Phi) is 5.66. The first-order valence-electron chi connectivity index (χ1n) is 7.16. The molecule has 1 aromatic heterocycles. The smallest absolute Gasteiger partial charge is 0.257 e. The molecular weight excluding hydrogens is 376 g/mol. The molecule has 5 nitrogen and oxygen atoms in total. The lowest BCUT2D eigenvalue weighted by atomic mass is 10.2. The minimum atomic E-state index is -0.253. The molecule has 0 spiro atoms. The van der Waals surface area contributed by atoms with Gasteiger partial charge in [0.05, 0.1) is 11.6 Å². The van der Waals surface area contributed by atoms with Gasteiger partial charge in [0.2, 0.25) is 5.13 Å². The average Bonchev–Trinajstić information content (AvgIpc) is 3.08. The van der Waals surface area contributed by atoms with Crippen molar-refractivity contribution in [1.82, 2.24) is 10.2 Å². The number of thioether (sulfide) groups is 1. The molecule has 25 heavy (non-hydrogen) atoms. The van der Waals surface area contributed by atoms with Gasteiger partial charge in [0.15, 0.2) is 4.34 Å². The number of carbonyl (C=O) groups excluding carboxylic acids is 1. The van der Waals surface area contributed by atoms with Crippen LogP contribution in [-0.2, 0) is 5.75 Å². The second-order valence-corrected chi connectivity index (χ2v) is 7.57. The van der Waals surface area contributed by atoms with E-state index in [-0.39, 0.29) is 5.91 Å². The topological polar surface area (TPSA) is 78.7 Å². The molecule has 1 amide bonds. The number of nitrogens with one attached hydrogen (secondary N) is 1. The third-order valence-corrected chi connectivity index (χ3v) is 5.47. The normalized spacial score (nSPS) is 10.2. The van der Waals surface area contributed by atoms with Crippen molar-refractivity contribution in [3.63, 3.8) is 0 Å². The number of carbonyl (C=O) groups is 1. The van der Waals surface area contributed by atoms with E-state index < -0.39 is 0 Å². The summed E-state index contributed by atoms with van der Waals surface area (Å²) in [4.78, 5) is 12.1. The first-order chi connectivity index (χ1) is 12.1. The van der Waals surface area contributed by atoms with Crippen LogP contribution in [0.15, 0.2) is 52.9 Å². The van der Waals surface area contributed by atoms with Gasteiger partial charge in [-0.15, -0.1) is 10.2 Å². The van der Waals surface area contributed by atoms with Gasteiger partial charge in [0, 0.05) is 16.3 Å². The molecule has 0 fully saturated rings. The Morgan fingerprint density at radius 3 is 2.56 bits per heavy atom. The molecule has 0 aliphatic rings. The maximum atomic E-state index is 12.1. The quantitative estimate of drug-likeness (QED) is 0.511. The molecule has 2 aromatic carbocycles. The summed E-state index contributed by atoms with van der Waals surface area (Å²) in [5.74, 6) is 0.460. The molecule has 0 unspecified atom stereocenters. The third kappa shape index (κ3) is 4.79. The van der Waals surface area contributed by atoms with E-state index in [1.54, 1.807) is 36.4 Å². The lowest BCUT2D eigenvalue weighted by molar-refractivity contribution is 0.102. The summed E-state index contributed by atoms with van der Waals surface area (Å²) in [7, 11) is 0. The maximum Gasteiger partial charge on any atom is 0.257 e. The molecule has 0 saturated carbocycles. The predicted octanol–water partition coefficient (Wildman–Crippen LogP) is 4.61. The zero-order valence-electron chi connectivity index (χ0n) is 12.8. The Morgan fingerprint density at radius 2 is 1.88 bits per heavy atom. The Balaban J connectivity index is 1.57. The number of aromatic nitrogens is 2. The molecule has 3 aromatic rings. The molecule has 124 valence electrons. The molecule has 0 aliphatic heterocycles. The molecule has 1 N–H and O–H groups in total. The summed E-state index contributed by atoms with van der Waals surface area (Å²) in [6, 6.07) is 16.1. The van der Waals surface area contributed by atoms with Gasteiger partial charge in [-0.3, -0.25) is 10.1 Å². The van der Waals surface area contributed by atoms with Gasteiger partial charge in [-0.05, 0) is 42.0 Å². The number of benzene rings is 2. The van der Waals surface area contributed by atoms with Crippen LogP contribution in [0.3, 0.4) is 0 Å². The molecule has 0 radical (unpaired) electrons. The Hall–Kier alpha value is -2.40. The van der Waals surface area contributed by atoms with E-state index in [4.69, 9.17) is 16.9 Å². The van der Waals surface area contributed by atoms with E-state index in [1.165, 1.54) is 23.1 Å². The molecular formula is C17H11ClN4OS2. The second-order valence-electron chi connectivity index (χ2n) is 4.93. The molecule has 1 heterocycles. The number of nitrogens with zero attached hydrogens (tertiary/aromatic N) is 3. The number of nitriles is 1. The average molecular weight is 387 g/mol. The predicted molar refractivity (Wildman–Crippen MR) is 100 cm³/mol. The summed E-state index contributed by atoms with van der Waals surface area (Å²) in [6.45, 7) is 0. The molecule has 0 atom stereocenters. The number of amides is 1. The van der Waals surface area contributed by atoms with Crippen molar-refractivity contribution in [3.05, 3.63) is 70.2 Å². The van der Waals surface area contributed by atoms with Crippen molar-refractivity contribution in [1.29, 1.82) is 5.26 Å². The van der Waals surface area contributed by atoms with Crippen LogP contribution < -0.4 is 5.32 Å². The first-order valence-corrected chi connectivity index (χ1v) is 9.34. The number of hydrogen-bond acceptors (Lipinski definition) is 6. The van der Waals surface area contributed by atoms with Crippen molar-refractivity contribution < 1.29 is 4.79 Å². The minimum Gasteiger partial charge on any atom is -0.296 e. The lowest BCUT2D eigenvalue weighted by Gasteiger charge is -2.00. The highest BCUT2D eigenvalue weighted by atomic mass is 35.5. The monoisotopic (exact) mass is 386 g/mol. The third-order valence-electron chi connectivity index (χ3n) is 3.18. The van der Waals surface area contributed by atoms with E-state index in [2.05, 4.69) is 21.6 Å². The summed E-state index contributed by atoms with van der Waals surface area (Å²) in [5.41, 5.74) is 2.23. The van der Waals surface area contributed by atoms with Crippen LogP contribution >= 0.6 is 34.7 Å². The van der Waals surface area contributed by atoms with Crippen molar-refractivity contribution in [2.45, 2.75) is 10.1 Å². The fourth-order valence-electron chi connectivity index (χ4n) is 1.91. The second kappa shape index (κ2) is 8.12. The van der Waals surface area contributed by atoms with Crippen LogP contribution in [0.4, 0.5) is 5.13 Å². The van der Waals surface area contributed by atoms with Crippen molar-refractivity contribution >= 4 is 45.7 Å². The van der Waals surface area contributed by atoms with Crippen LogP contribution in [0, 0.1) is 11.3 Å². The van der Waals surface area contributed by atoms with Crippen LogP contribution in [0.1, 0.15) is 21.5 Å². The van der Waals surface area contributed by atoms with Gasteiger partial charge in [0.1, 0.15) is 0 Å². The van der Waals surface area contributed by atoms with E-state index in [9.17, 15) is 4.79 Å². The minimum absolute atomic E-state index is 0.253. The zero-order chi connectivity index (χ0) is 17.6. The number of halogens is 1.